The second-order valence-corrected chi connectivity index (χ2v) is 8.59. The van der Waals surface area contributed by atoms with Crippen LogP contribution in [0.25, 0.3) is 5.76 Å². The molecule has 1 heterocycles. The zero-order valence-corrected chi connectivity index (χ0v) is 20.4. The molecule has 1 unspecified atom stereocenters. The quantitative estimate of drug-likeness (QED) is 0.271. The molecule has 1 saturated heterocycles. The molecule has 0 spiro atoms. The van der Waals surface area contributed by atoms with Crippen LogP contribution in [-0.4, -0.2) is 30.5 Å². The summed E-state index contributed by atoms with van der Waals surface area (Å²) in [7, 11) is 1.54. The smallest absolute Gasteiger partial charge is 0.300 e. The summed E-state index contributed by atoms with van der Waals surface area (Å²) in [6, 6.07) is 18.9. The van der Waals surface area contributed by atoms with Crippen LogP contribution in [0, 0.1) is 13.8 Å². The molecule has 180 valence electrons. The van der Waals surface area contributed by atoms with Gasteiger partial charge in [-0.05, 0) is 67.3 Å². The summed E-state index contributed by atoms with van der Waals surface area (Å²) in [5.74, 6) is -0.392. The largest absolute Gasteiger partial charge is 0.507 e. The number of aryl methyl sites for hydroxylation is 2. The van der Waals surface area contributed by atoms with Crippen molar-refractivity contribution in [2.24, 2.45) is 0 Å². The third-order valence-electron chi connectivity index (χ3n) is 6.22. The van der Waals surface area contributed by atoms with Crippen LogP contribution < -0.4 is 14.4 Å². The van der Waals surface area contributed by atoms with Gasteiger partial charge in [0, 0.05) is 17.3 Å². The van der Waals surface area contributed by atoms with Crippen molar-refractivity contribution in [2.75, 3.05) is 18.6 Å². The Morgan fingerprint density at radius 1 is 0.943 bits per heavy atom. The summed E-state index contributed by atoms with van der Waals surface area (Å²) in [5.41, 5.74) is 3.76. The van der Waals surface area contributed by atoms with Gasteiger partial charge < -0.3 is 14.6 Å². The van der Waals surface area contributed by atoms with Gasteiger partial charge >= 0.3 is 0 Å². The van der Waals surface area contributed by atoms with Gasteiger partial charge in [0.2, 0.25) is 0 Å². The number of rotatable bonds is 7. The van der Waals surface area contributed by atoms with Crippen LogP contribution in [0.5, 0.6) is 11.5 Å². The van der Waals surface area contributed by atoms with Crippen molar-refractivity contribution in [2.45, 2.75) is 33.2 Å². The first-order valence-corrected chi connectivity index (χ1v) is 11.6. The standard InChI is InChI=1S/C29H29NO5/c1-5-15-35-23-13-11-20(12-14-23)26-25(27(31)21-10-9-18(2)19(3)16-21)28(32)29(33)30(26)22-7-6-8-24(17-22)34-4/h6-14,16-17,26,31H,5,15H2,1-4H3/b27-25+. The van der Waals surface area contributed by atoms with Crippen molar-refractivity contribution in [1.82, 2.24) is 0 Å². The van der Waals surface area contributed by atoms with Gasteiger partial charge in [0.25, 0.3) is 11.7 Å². The Morgan fingerprint density at radius 2 is 1.69 bits per heavy atom. The molecule has 0 saturated carbocycles. The van der Waals surface area contributed by atoms with Crippen LogP contribution in [0.2, 0.25) is 0 Å². The van der Waals surface area contributed by atoms with Crippen LogP contribution in [0.1, 0.15) is 41.6 Å². The molecule has 35 heavy (non-hydrogen) atoms. The highest BCUT2D eigenvalue weighted by Crippen LogP contribution is 2.43. The summed E-state index contributed by atoms with van der Waals surface area (Å²) < 4.78 is 11.0. The number of ether oxygens (including phenoxy) is 2. The molecule has 0 radical (unpaired) electrons. The first-order chi connectivity index (χ1) is 16.8. The van der Waals surface area contributed by atoms with Gasteiger partial charge in [-0.25, -0.2) is 0 Å². The summed E-state index contributed by atoms with van der Waals surface area (Å²) >= 11 is 0. The van der Waals surface area contributed by atoms with Crippen LogP contribution in [0.3, 0.4) is 0 Å². The molecule has 1 aliphatic heterocycles. The van der Waals surface area contributed by atoms with E-state index in [1.54, 1.807) is 37.4 Å². The predicted octanol–water partition coefficient (Wildman–Crippen LogP) is 5.73. The molecule has 1 aliphatic rings. The average molecular weight is 472 g/mol. The number of methoxy groups -OCH3 is 1. The second kappa shape index (κ2) is 10.1. The number of benzene rings is 3. The topological polar surface area (TPSA) is 76.1 Å². The predicted molar refractivity (Wildman–Crippen MR) is 136 cm³/mol. The van der Waals surface area contributed by atoms with E-state index in [9.17, 15) is 14.7 Å². The molecule has 6 nitrogen and oxygen atoms in total. The fraction of sp³-hybridized carbons (Fsp3) is 0.241. The number of carbonyl (C=O) groups excluding carboxylic acids is 2. The van der Waals surface area contributed by atoms with E-state index in [1.807, 2.05) is 57.2 Å². The van der Waals surface area contributed by atoms with Crippen molar-refractivity contribution < 1.29 is 24.2 Å². The Labute approximate surface area is 205 Å². The fourth-order valence-electron chi connectivity index (χ4n) is 4.19. The summed E-state index contributed by atoms with van der Waals surface area (Å²) in [6.45, 7) is 6.54. The Kier molecular flexibility index (Phi) is 6.92. The lowest BCUT2D eigenvalue weighted by Crippen LogP contribution is -2.29. The maximum Gasteiger partial charge on any atom is 0.300 e. The van der Waals surface area contributed by atoms with Gasteiger partial charge in [-0.3, -0.25) is 14.5 Å². The van der Waals surface area contributed by atoms with E-state index < -0.39 is 17.7 Å². The van der Waals surface area contributed by atoms with Gasteiger partial charge in [0.05, 0.1) is 25.3 Å². The number of amides is 1. The van der Waals surface area contributed by atoms with Crippen molar-refractivity contribution in [3.8, 4) is 11.5 Å². The minimum atomic E-state index is -0.816. The normalized spacial score (nSPS) is 17.0. The number of carbonyl (C=O) groups is 2. The lowest BCUT2D eigenvalue weighted by molar-refractivity contribution is -0.132. The molecule has 0 bridgehead atoms. The molecule has 1 N–H and O–H groups in total. The van der Waals surface area contributed by atoms with E-state index in [-0.39, 0.29) is 11.3 Å². The van der Waals surface area contributed by atoms with E-state index in [0.717, 1.165) is 17.5 Å². The van der Waals surface area contributed by atoms with Gasteiger partial charge in [-0.15, -0.1) is 0 Å². The van der Waals surface area contributed by atoms with Crippen LogP contribution in [-0.2, 0) is 9.59 Å². The molecule has 1 atom stereocenters. The third kappa shape index (κ3) is 4.64. The zero-order chi connectivity index (χ0) is 25.1. The van der Waals surface area contributed by atoms with E-state index in [4.69, 9.17) is 9.47 Å². The third-order valence-corrected chi connectivity index (χ3v) is 6.22. The van der Waals surface area contributed by atoms with Crippen molar-refractivity contribution >= 4 is 23.1 Å². The molecule has 0 aromatic heterocycles. The number of nitrogens with zero attached hydrogens (tertiary/aromatic N) is 1. The second-order valence-electron chi connectivity index (χ2n) is 8.59. The first-order valence-electron chi connectivity index (χ1n) is 11.6. The van der Waals surface area contributed by atoms with E-state index in [0.29, 0.717) is 34.9 Å². The number of ketones is 1. The Bertz CT molecular complexity index is 1290. The maximum absolute atomic E-state index is 13.3. The van der Waals surface area contributed by atoms with Gasteiger partial charge in [0.15, 0.2) is 0 Å². The zero-order valence-electron chi connectivity index (χ0n) is 20.4. The summed E-state index contributed by atoms with van der Waals surface area (Å²) in [6.07, 6.45) is 0.883. The highest BCUT2D eigenvalue weighted by Gasteiger charge is 2.47. The van der Waals surface area contributed by atoms with Crippen molar-refractivity contribution in [3.05, 3.63) is 94.6 Å². The lowest BCUT2D eigenvalue weighted by atomic mass is 9.94. The maximum atomic E-state index is 13.3. The monoisotopic (exact) mass is 471 g/mol. The molecule has 4 rings (SSSR count). The molecule has 1 fully saturated rings. The van der Waals surface area contributed by atoms with Gasteiger partial charge in [-0.1, -0.05) is 37.3 Å². The Hall–Kier alpha value is -4.06. The molecule has 6 heteroatoms. The Morgan fingerprint density at radius 3 is 2.34 bits per heavy atom. The van der Waals surface area contributed by atoms with Crippen molar-refractivity contribution in [1.29, 1.82) is 0 Å². The lowest BCUT2D eigenvalue weighted by Gasteiger charge is -2.26. The first kappa shape index (κ1) is 24.1. The number of aliphatic hydroxyl groups excluding tert-OH is 1. The van der Waals surface area contributed by atoms with Gasteiger partial charge in [-0.2, -0.15) is 0 Å². The van der Waals surface area contributed by atoms with E-state index in [1.165, 1.54) is 4.90 Å². The van der Waals surface area contributed by atoms with Crippen LogP contribution in [0.4, 0.5) is 5.69 Å². The van der Waals surface area contributed by atoms with Gasteiger partial charge in [0.1, 0.15) is 17.3 Å². The molecule has 1 amide bonds. The van der Waals surface area contributed by atoms with Crippen molar-refractivity contribution in [3.63, 3.8) is 0 Å². The molecule has 0 aliphatic carbocycles. The number of anilines is 1. The van der Waals surface area contributed by atoms with E-state index >= 15 is 0 Å². The molecule has 3 aromatic rings. The number of Topliss-reactive ketones (excluding diaryl/α,β-unsaturated/α-hetero) is 1. The average Bonchev–Trinajstić information content (AvgIpc) is 3.14. The van der Waals surface area contributed by atoms with E-state index in [2.05, 4.69) is 0 Å². The number of hydrogen-bond acceptors (Lipinski definition) is 5. The highest BCUT2D eigenvalue weighted by molar-refractivity contribution is 6.51. The van der Waals surface area contributed by atoms with Crippen LogP contribution in [0.15, 0.2) is 72.3 Å². The van der Waals surface area contributed by atoms with Crippen LogP contribution >= 0.6 is 0 Å². The Balaban J connectivity index is 1.89. The summed E-state index contributed by atoms with van der Waals surface area (Å²) in [4.78, 5) is 28.1. The molecular formula is C29H29NO5. The minimum Gasteiger partial charge on any atom is -0.507 e. The molecular weight excluding hydrogens is 442 g/mol. The molecule has 3 aromatic carbocycles. The minimum absolute atomic E-state index is 0.0447. The number of hydrogen-bond donors (Lipinski definition) is 1. The number of aliphatic hydroxyl groups is 1. The SMILES string of the molecule is CCCOc1ccc(C2/C(=C(\O)c3ccc(C)c(C)c3)C(=O)C(=O)N2c2cccc(OC)c2)cc1. The fourth-order valence-corrected chi connectivity index (χ4v) is 4.19. The highest BCUT2D eigenvalue weighted by atomic mass is 16.5. The summed E-state index contributed by atoms with van der Waals surface area (Å²) in [5, 5.41) is 11.3.